The SMILES string of the molecule is O=C(N/N=C\c1ccccc1[N+](=O)[O-])C(=O)N1CCCC1. The van der Waals surface area contributed by atoms with Crippen molar-refractivity contribution in [2.24, 2.45) is 5.10 Å². The molecule has 0 aliphatic carbocycles. The zero-order valence-corrected chi connectivity index (χ0v) is 11.2. The summed E-state index contributed by atoms with van der Waals surface area (Å²) in [4.78, 5) is 35.0. The summed E-state index contributed by atoms with van der Waals surface area (Å²) in [5.74, 6) is -1.47. The van der Waals surface area contributed by atoms with Crippen molar-refractivity contribution in [3.8, 4) is 0 Å². The van der Waals surface area contributed by atoms with E-state index in [1.54, 1.807) is 6.07 Å². The number of carbonyl (C=O) groups excluding carboxylic acids is 2. The fourth-order valence-corrected chi connectivity index (χ4v) is 2.04. The number of nitrogens with zero attached hydrogens (tertiary/aromatic N) is 3. The van der Waals surface area contributed by atoms with Crippen LogP contribution in [0.5, 0.6) is 0 Å². The molecule has 1 saturated heterocycles. The second-order valence-corrected chi connectivity index (χ2v) is 4.51. The van der Waals surface area contributed by atoms with E-state index in [1.165, 1.54) is 23.1 Å². The van der Waals surface area contributed by atoms with Gasteiger partial charge in [0.1, 0.15) is 0 Å². The number of hydrogen-bond donors (Lipinski definition) is 1. The van der Waals surface area contributed by atoms with Crippen LogP contribution in [0.25, 0.3) is 0 Å². The lowest BCUT2D eigenvalue weighted by molar-refractivity contribution is -0.385. The predicted octanol–water partition coefficient (Wildman–Crippen LogP) is 0.667. The van der Waals surface area contributed by atoms with Crippen LogP contribution < -0.4 is 5.43 Å². The molecule has 0 spiro atoms. The van der Waals surface area contributed by atoms with Gasteiger partial charge in [-0.15, -0.1) is 0 Å². The number of hydrazone groups is 1. The van der Waals surface area contributed by atoms with Gasteiger partial charge in [0, 0.05) is 19.2 Å². The summed E-state index contributed by atoms with van der Waals surface area (Å²) in [6.07, 6.45) is 2.92. The number of amides is 2. The Hall–Kier alpha value is -2.77. The summed E-state index contributed by atoms with van der Waals surface area (Å²) in [5, 5.41) is 14.4. The maximum atomic E-state index is 11.7. The van der Waals surface area contributed by atoms with E-state index < -0.39 is 16.7 Å². The van der Waals surface area contributed by atoms with Crippen molar-refractivity contribution in [1.29, 1.82) is 0 Å². The van der Waals surface area contributed by atoms with E-state index in [0.29, 0.717) is 13.1 Å². The zero-order valence-electron chi connectivity index (χ0n) is 11.2. The minimum absolute atomic E-state index is 0.124. The molecule has 1 aromatic carbocycles. The number of para-hydroxylation sites is 1. The molecule has 1 N–H and O–H groups in total. The topological polar surface area (TPSA) is 105 Å². The molecule has 0 radical (unpaired) electrons. The summed E-state index contributed by atoms with van der Waals surface area (Å²) in [6.45, 7) is 1.14. The first kappa shape index (κ1) is 14.6. The van der Waals surface area contributed by atoms with Gasteiger partial charge in [0.05, 0.1) is 16.7 Å². The molecule has 1 aromatic rings. The Kier molecular flexibility index (Phi) is 4.60. The van der Waals surface area contributed by atoms with Crippen molar-refractivity contribution in [1.82, 2.24) is 10.3 Å². The van der Waals surface area contributed by atoms with Crippen LogP contribution in [0.2, 0.25) is 0 Å². The third-order valence-electron chi connectivity index (χ3n) is 3.09. The highest BCUT2D eigenvalue weighted by Gasteiger charge is 2.24. The van der Waals surface area contributed by atoms with E-state index in [0.717, 1.165) is 19.1 Å². The van der Waals surface area contributed by atoms with E-state index in [1.807, 2.05) is 0 Å². The fraction of sp³-hybridized carbons (Fsp3) is 0.308. The average molecular weight is 290 g/mol. The average Bonchev–Trinajstić information content (AvgIpc) is 3.00. The summed E-state index contributed by atoms with van der Waals surface area (Å²) in [7, 11) is 0. The Balaban J connectivity index is 1.97. The smallest absolute Gasteiger partial charge is 0.329 e. The number of nitro benzene ring substituents is 1. The zero-order chi connectivity index (χ0) is 15.2. The van der Waals surface area contributed by atoms with E-state index in [2.05, 4.69) is 10.5 Å². The van der Waals surface area contributed by atoms with Gasteiger partial charge in [-0.2, -0.15) is 5.10 Å². The second-order valence-electron chi connectivity index (χ2n) is 4.51. The molecular weight excluding hydrogens is 276 g/mol. The lowest BCUT2D eigenvalue weighted by atomic mass is 10.2. The van der Waals surface area contributed by atoms with Crippen molar-refractivity contribution in [2.45, 2.75) is 12.8 Å². The molecule has 21 heavy (non-hydrogen) atoms. The first-order valence-electron chi connectivity index (χ1n) is 6.45. The van der Waals surface area contributed by atoms with Gasteiger partial charge in [-0.1, -0.05) is 12.1 Å². The molecule has 1 heterocycles. The molecule has 2 rings (SSSR count). The number of benzene rings is 1. The van der Waals surface area contributed by atoms with Gasteiger partial charge >= 0.3 is 11.8 Å². The molecule has 1 aliphatic rings. The lowest BCUT2D eigenvalue weighted by Gasteiger charge is -2.12. The van der Waals surface area contributed by atoms with Crippen LogP contribution in [0.3, 0.4) is 0 Å². The highest BCUT2D eigenvalue weighted by molar-refractivity contribution is 6.35. The standard InChI is InChI=1S/C13H14N4O4/c18-12(13(19)16-7-3-4-8-16)15-14-9-10-5-1-2-6-11(10)17(20)21/h1-2,5-6,9H,3-4,7-8H2,(H,15,18)/b14-9-. The number of nitro groups is 1. The monoisotopic (exact) mass is 290 g/mol. The van der Waals surface area contributed by atoms with Gasteiger partial charge in [-0.05, 0) is 18.9 Å². The van der Waals surface area contributed by atoms with Crippen LogP contribution in [0.1, 0.15) is 18.4 Å². The van der Waals surface area contributed by atoms with Gasteiger partial charge in [-0.3, -0.25) is 19.7 Å². The first-order chi connectivity index (χ1) is 10.1. The van der Waals surface area contributed by atoms with Crippen molar-refractivity contribution in [3.63, 3.8) is 0 Å². The molecule has 0 unspecified atom stereocenters. The highest BCUT2D eigenvalue weighted by atomic mass is 16.6. The van der Waals surface area contributed by atoms with Crippen LogP contribution in [0.4, 0.5) is 5.69 Å². The molecule has 0 saturated carbocycles. The normalized spacial score (nSPS) is 14.4. The minimum atomic E-state index is -0.841. The third-order valence-corrected chi connectivity index (χ3v) is 3.09. The van der Waals surface area contributed by atoms with Crippen molar-refractivity contribution in [2.75, 3.05) is 13.1 Å². The van der Waals surface area contributed by atoms with Gasteiger partial charge in [-0.25, -0.2) is 5.43 Å². The Bertz CT molecular complexity index is 594. The first-order valence-corrected chi connectivity index (χ1v) is 6.45. The lowest BCUT2D eigenvalue weighted by Crippen LogP contribution is -2.39. The molecule has 8 heteroatoms. The van der Waals surface area contributed by atoms with Gasteiger partial charge in [0.2, 0.25) is 0 Å². The van der Waals surface area contributed by atoms with E-state index in [-0.39, 0.29) is 11.3 Å². The maximum absolute atomic E-state index is 11.7. The van der Waals surface area contributed by atoms with Crippen molar-refractivity contribution in [3.05, 3.63) is 39.9 Å². The Morgan fingerprint density at radius 2 is 1.95 bits per heavy atom. The Labute approximate surface area is 120 Å². The van der Waals surface area contributed by atoms with Gasteiger partial charge in [0.15, 0.2) is 0 Å². The van der Waals surface area contributed by atoms with Crippen LogP contribution in [0.15, 0.2) is 29.4 Å². The van der Waals surface area contributed by atoms with Crippen molar-refractivity contribution >= 4 is 23.7 Å². The molecule has 0 bridgehead atoms. The van der Waals surface area contributed by atoms with E-state index in [4.69, 9.17) is 0 Å². The van der Waals surface area contributed by atoms with Crippen LogP contribution >= 0.6 is 0 Å². The summed E-state index contributed by atoms with van der Waals surface area (Å²) >= 11 is 0. The Morgan fingerprint density at radius 3 is 2.62 bits per heavy atom. The van der Waals surface area contributed by atoms with E-state index >= 15 is 0 Å². The fourth-order valence-electron chi connectivity index (χ4n) is 2.04. The predicted molar refractivity (Wildman–Crippen MR) is 74.6 cm³/mol. The molecule has 110 valence electrons. The quantitative estimate of drug-likeness (QED) is 0.382. The largest absolute Gasteiger partial charge is 0.334 e. The van der Waals surface area contributed by atoms with Crippen LogP contribution in [-0.2, 0) is 9.59 Å². The third kappa shape index (κ3) is 3.62. The number of likely N-dealkylation sites (tertiary alicyclic amines) is 1. The Morgan fingerprint density at radius 1 is 1.29 bits per heavy atom. The number of carbonyl (C=O) groups is 2. The molecule has 1 aliphatic heterocycles. The van der Waals surface area contributed by atoms with Crippen molar-refractivity contribution < 1.29 is 14.5 Å². The number of rotatable bonds is 3. The molecule has 0 atom stereocenters. The van der Waals surface area contributed by atoms with Gasteiger partial charge in [0.25, 0.3) is 5.69 Å². The number of hydrogen-bond acceptors (Lipinski definition) is 5. The van der Waals surface area contributed by atoms with E-state index in [9.17, 15) is 19.7 Å². The molecule has 0 aromatic heterocycles. The molecule has 2 amide bonds. The number of nitrogens with one attached hydrogen (secondary N) is 1. The summed E-state index contributed by atoms with van der Waals surface area (Å²) in [6, 6.07) is 5.98. The minimum Gasteiger partial charge on any atom is -0.334 e. The summed E-state index contributed by atoms with van der Waals surface area (Å²) in [5.41, 5.74) is 2.21. The molecule has 8 nitrogen and oxygen atoms in total. The molecular formula is C13H14N4O4. The maximum Gasteiger partial charge on any atom is 0.329 e. The second kappa shape index (κ2) is 6.60. The van der Waals surface area contributed by atoms with Crippen LogP contribution in [-0.4, -0.2) is 40.9 Å². The van der Waals surface area contributed by atoms with Crippen LogP contribution in [0, 0.1) is 10.1 Å². The highest BCUT2D eigenvalue weighted by Crippen LogP contribution is 2.15. The molecule has 1 fully saturated rings. The summed E-state index contributed by atoms with van der Waals surface area (Å²) < 4.78 is 0. The van der Waals surface area contributed by atoms with Gasteiger partial charge < -0.3 is 4.90 Å².